The number of carbonyl (C=O) groups excluding carboxylic acids is 2. The molecular weight excluding hydrogens is 427 g/mol. The van der Waals surface area contributed by atoms with Gasteiger partial charge in [-0.2, -0.15) is 0 Å². The maximum Gasteiger partial charge on any atom is 0.295 e. The summed E-state index contributed by atoms with van der Waals surface area (Å²) in [6, 6.07) is 13.3. The lowest BCUT2D eigenvalue weighted by Gasteiger charge is -2.25. The first-order valence-electron chi connectivity index (χ1n) is 10.1. The monoisotopic (exact) mass is 448 g/mol. The molecular formula is C25H21FN2O5. The molecule has 7 nitrogen and oxygen atoms in total. The van der Waals surface area contributed by atoms with Crippen molar-refractivity contribution in [3.63, 3.8) is 0 Å². The van der Waals surface area contributed by atoms with E-state index in [-0.39, 0.29) is 23.4 Å². The molecule has 0 unspecified atom stereocenters. The highest BCUT2D eigenvalue weighted by Gasteiger charge is 2.46. The Bertz CT molecular complexity index is 1240. The molecule has 1 aliphatic heterocycles. The van der Waals surface area contributed by atoms with Crippen LogP contribution in [0.3, 0.4) is 0 Å². The second kappa shape index (κ2) is 9.12. The molecule has 0 radical (unpaired) electrons. The van der Waals surface area contributed by atoms with E-state index in [0.29, 0.717) is 11.3 Å². The second-order valence-corrected chi connectivity index (χ2v) is 7.41. The van der Waals surface area contributed by atoms with Gasteiger partial charge < -0.3 is 19.5 Å². The topological polar surface area (TPSA) is 89.0 Å². The van der Waals surface area contributed by atoms with Gasteiger partial charge in [0.1, 0.15) is 11.5 Å². The minimum atomic E-state index is -0.904. The van der Waals surface area contributed by atoms with Gasteiger partial charge in [-0.25, -0.2) is 4.39 Å². The standard InChI is InChI=1S/C25H21FN2O5/c1-32-18-5-3-4-16(12-18)22-21(23(29)17-6-7-20(33-2)19(26)13-17)24(30)25(31)28(22)14-15-8-10-27-11-9-15/h3-13,22,29H,14H2,1-2H3/t22-/m0/s1. The molecule has 1 saturated heterocycles. The number of methoxy groups -OCH3 is 2. The van der Waals surface area contributed by atoms with Crippen molar-refractivity contribution in [1.29, 1.82) is 0 Å². The van der Waals surface area contributed by atoms with Crippen LogP contribution >= 0.6 is 0 Å². The average Bonchev–Trinajstić information content (AvgIpc) is 3.09. The minimum Gasteiger partial charge on any atom is -0.507 e. The molecule has 33 heavy (non-hydrogen) atoms. The van der Waals surface area contributed by atoms with E-state index in [4.69, 9.17) is 9.47 Å². The number of likely N-dealkylation sites (tertiary alicyclic amines) is 1. The van der Waals surface area contributed by atoms with Gasteiger partial charge in [0, 0.05) is 24.5 Å². The van der Waals surface area contributed by atoms with Crippen molar-refractivity contribution < 1.29 is 28.6 Å². The fourth-order valence-electron chi connectivity index (χ4n) is 3.86. The van der Waals surface area contributed by atoms with Crippen molar-refractivity contribution in [2.45, 2.75) is 12.6 Å². The summed E-state index contributed by atoms with van der Waals surface area (Å²) in [5, 5.41) is 11.1. The van der Waals surface area contributed by atoms with Crippen molar-refractivity contribution >= 4 is 17.4 Å². The van der Waals surface area contributed by atoms with Crippen molar-refractivity contribution in [1.82, 2.24) is 9.88 Å². The Labute approximate surface area is 189 Å². The molecule has 1 N–H and O–H groups in total. The molecule has 3 aromatic rings. The Morgan fingerprint density at radius 2 is 1.82 bits per heavy atom. The number of nitrogens with zero attached hydrogens (tertiary/aromatic N) is 2. The molecule has 2 heterocycles. The largest absolute Gasteiger partial charge is 0.507 e. The van der Waals surface area contributed by atoms with Gasteiger partial charge in [-0.3, -0.25) is 14.6 Å². The van der Waals surface area contributed by atoms with Crippen molar-refractivity contribution in [2.24, 2.45) is 0 Å². The molecule has 1 fully saturated rings. The zero-order valence-electron chi connectivity index (χ0n) is 18.0. The van der Waals surface area contributed by atoms with Crippen LogP contribution in [0.25, 0.3) is 5.76 Å². The van der Waals surface area contributed by atoms with Crippen LogP contribution in [0.4, 0.5) is 4.39 Å². The molecule has 0 aliphatic carbocycles. The third-order valence-electron chi connectivity index (χ3n) is 5.48. The van der Waals surface area contributed by atoms with E-state index in [0.717, 1.165) is 11.6 Å². The number of hydrogen-bond acceptors (Lipinski definition) is 6. The van der Waals surface area contributed by atoms with E-state index < -0.39 is 29.3 Å². The molecule has 0 bridgehead atoms. The van der Waals surface area contributed by atoms with Gasteiger partial charge in [0.2, 0.25) is 0 Å². The maximum atomic E-state index is 14.3. The quantitative estimate of drug-likeness (QED) is 0.350. The lowest BCUT2D eigenvalue weighted by atomic mass is 9.95. The molecule has 0 spiro atoms. The number of halogens is 1. The van der Waals surface area contributed by atoms with E-state index in [1.165, 1.54) is 31.3 Å². The number of ether oxygens (including phenoxy) is 2. The van der Waals surface area contributed by atoms with E-state index in [9.17, 15) is 19.1 Å². The Kier molecular flexibility index (Phi) is 6.08. The fraction of sp³-hybridized carbons (Fsp3) is 0.160. The highest BCUT2D eigenvalue weighted by Crippen LogP contribution is 2.41. The molecule has 8 heteroatoms. The third kappa shape index (κ3) is 4.15. The van der Waals surface area contributed by atoms with Crippen LogP contribution in [0.15, 0.2) is 72.6 Å². The lowest BCUT2D eigenvalue weighted by Crippen LogP contribution is -2.29. The van der Waals surface area contributed by atoms with Crippen molar-refractivity contribution in [2.75, 3.05) is 14.2 Å². The van der Waals surface area contributed by atoms with Crippen LogP contribution in [0.1, 0.15) is 22.7 Å². The Morgan fingerprint density at radius 1 is 1.06 bits per heavy atom. The van der Waals surface area contributed by atoms with Crippen LogP contribution in [-0.4, -0.2) is 40.9 Å². The van der Waals surface area contributed by atoms with E-state index in [1.807, 2.05) is 0 Å². The van der Waals surface area contributed by atoms with Crippen molar-refractivity contribution in [3.8, 4) is 11.5 Å². The van der Waals surface area contributed by atoms with E-state index >= 15 is 0 Å². The van der Waals surface area contributed by atoms with Crippen LogP contribution in [0.5, 0.6) is 11.5 Å². The number of Topliss-reactive ketones (excluding diaryl/α,β-unsaturated/α-hetero) is 1. The van der Waals surface area contributed by atoms with Gasteiger partial charge in [0.15, 0.2) is 11.6 Å². The summed E-state index contributed by atoms with van der Waals surface area (Å²) in [5.41, 5.74) is 1.25. The van der Waals surface area contributed by atoms with Gasteiger partial charge in [-0.15, -0.1) is 0 Å². The van der Waals surface area contributed by atoms with Gasteiger partial charge in [0.05, 0.1) is 25.8 Å². The molecule has 1 atom stereocenters. The molecule has 2 aromatic carbocycles. The van der Waals surface area contributed by atoms with Crippen LogP contribution in [-0.2, 0) is 16.1 Å². The number of aliphatic hydroxyl groups excluding tert-OH is 1. The van der Waals surface area contributed by atoms with Crippen LogP contribution in [0, 0.1) is 5.82 Å². The minimum absolute atomic E-state index is 0.00552. The first kappa shape index (κ1) is 22.0. The number of rotatable bonds is 6. The van der Waals surface area contributed by atoms with Crippen LogP contribution < -0.4 is 9.47 Å². The zero-order valence-corrected chi connectivity index (χ0v) is 18.0. The number of amides is 1. The SMILES string of the molecule is COc1cccc([C@H]2C(=C(O)c3ccc(OC)c(F)c3)C(=O)C(=O)N2Cc2ccncc2)c1. The van der Waals surface area contributed by atoms with Gasteiger partial charge in [0.25, 0.3) is 11.7 Å². The highest BCUT2D eigenvalue weighted by atomic mass is 19.1. The molecule has 1 amide bonds. The number of benzene rings is 2. The first-order chi connectivity index (χ1) is 15.9. The zero-order chi connectivity index (χ0) is 23.5. The highest BCUT2D eigenvalue weighted by molar-refractivity contribution is 6.46. The lowest BCUT2D eigenvalue weighted by molar-refractivity contribution is -0.140. The van der Waals surface area contributed by atoms with Crippen LogP contribution in [0.2, 0.25) is 0 Å². The number of pyridine rings is 1. The van der Waals surface area contributed by atoms with E-state index in [2.05, 4.69) is 4.98 Å². The summed E-state index contributed by atoms with van der Waals surface area (Å²) >= 11 is 0. The van der Waals surface area contributed by atoms with E-state index in [1.54, 1.807) is 48.8 Å². The Morgan fingerprint density at radius 3 is 2.48 bits per heavy atom. The third-order valence-corrected chi connectivity index (χ3v) is 5.48. The number of aliphatic hydroxyl groups is 1. The van der Waals surface area contributed by atoms with Gasteiger partial charge in [-0.1, -0.05) is 12.1 Å². The summed E-state index contributed by atoms with van der Waals surface area (Å²) in [4.78, 5) is 31.5. The number of ketones is 1. The van der Waals surface area contributed by atoms with Crippen molar-refractivity contribution in [3.05, 3.63) is 95.1 Å². The normalized spacial score (nSPS) is 17.3. The predicted molar refractivity (Wildman–Crippen MR) is 118 cm³/mol. The maximum absolute atomic E-state index is 14.3. The predicted octanol–water partition coefficient (Wildman–Crippen LogP) is 3.86. The summed E-state index contributed by atoms with van der Waals surface area (Å²) in [6.45, 7) is 0.114. The Hall–Kier alpha value is -4.20. The summed E-state index contributed by atoms with van der Waals surface area (Å²) in [5.74, 6) is -2.28. The summed E-state index contributed by atoms with van der Waals surface area (Å²) in [7, 11) is 2.83. The molecule has 4 rings (SSSR count). The summed E-state index contributed by atoms with van der Waals surface area (Å²) < 4.78 is 24.5. The second-order valence-electron chi connectivity index (χ2n) is 7.41. The fourth-order valence-corrected chi connectivity index (χ4v) is 3.86. The first-order valence-corrected chi connectivity index (χ1v) is 10.1. The number of aromatic nitrogens is 1. The summed E-state index contributed by atoms with van der Waals surface area (Å²) in [6.07, 6.45) is 3.18. The smallest absolute Gasteiger partial charge is 0.295 e. The molecule has 0 saturated carbocycles. The molecule has 1 aromatic heterocycles. The average molecular weight is 448 g/mol. The molecule has 1 aliphatic rings. The molecule has 168 valence electrons. The van der Waals surface area contributed by atoms with Gasteiger partial charge >= 0.3 is 0 Å². The van der Waals surface area contributed by atoms with Gasteiger partial charge in [-0.05, 0) is 53.6 Å². The Balaban J connectivity index is 1.88. The number of carbonyl (C=O) groups is 2. The number of hydrogen-bond donors (Lipinski definition) is 1.